The molecule has 1 atom stereocenters. The zero-order valence-electron chi connectivity index (χ0n) is 19.7. The second-order valence-electron chi connectivity index (χ2n) is 8.72. The summed E-state index contributed by atoms with van der Waals surface area (Å²) in [5.74, 6) is -0.0789. The Morgan fingerprint density at radius 3 is 2.44 bits per heavy atom. The highest BCUT2D eigenvalue weighted by molar-refractivity contribution is 7.89. The molecule has 1 amide bonds. The third kappa shape index (κ3) is 5.58. The van der Waals surface area contributed by atoms with Crippen LogP contribution in [-0.4, -0.2) is 36.9 Å². The van der Waals surface area contributed by atoms with Gasteiger partial charge in [0.05, 0.1) is 10.9 Å². The number of anilines is 1. The van der Waals surface area contributed by atoms with E-state index in [1.165, 1.54) is 23.3 Å². The lowest BCUT2D eigenvalue weighted by Crippen LogP contribution is -2.41. The molecule has 0 fully saturated rings. The molecule has 0 saturated heterocycles. The molecule has 180 valence electrons. The Kier molecular flexibility index (Phi) is 7.50. The van der Waals surface area contributed by atoms with E-state index in [1.807, 2.05) is 36.9 Å². The molecule has 2 N–H and O–H groups in total. The van der Waals surface area contributed by atoms with E-state index in [-0.39, 0.29) is 23.4 Å². The van der Waals surface area contributed by atoms with Crippen molar-refractivity contribution in [3.05, 3.63) is 83.7 Å². The average Bonchev–Trinajstić information content (AvgIpc) is 3.25. The highest BCUT2D eigenvalue weighted by Crippen LogP contribution is 2.28. The predicted molar refractivity (Wildman–Crippen MR) is 134 cm³/mol. The number of rotatable bonds is 9. The maximum Gasteiger partial charge on any atom is 0.240 e. The molecule has 0 saturated carbocycles. The van der Waals surface area contributed by atoms with Crippen LogP contribution in [0, 0.1) is 0 Å². The van der Waals surface area contributed by atoms with Crippen LogP contribution in [-0.2, 0) is 34.8 Å². The Bertz CT molecular complexity index is 1230. The summed E-state index contributed by atoms with van der Waals surface area (Å²) >= 11 is 0. The highest BCUT2D eigenvalue weighted by Gasteiger charge is 2.28. The number of sulfonamides is 1. The first-order valence-electron chi connectivity index (χ1n) is 11.7. The van der Waals surface area contributed by atoms with E-state index in [1.54, 1.807) is 12.1 Å². The van der Waals surface area contributed by atoms with Gasteiger partial charge < -0.3 is 9.88 Å². The summed E-state index contributed by atoms with van der Waals surface area (Å²) in [6.45, 7) is 3.84. The van der Waals surface area contributed by atoms with E-state index < -0.39 is 10.0 Å². The number of amides is 1. The molecule has 1 aliphatic rings. The zero-order valence-corrected chi connectivity index (χ0v) is 20.5. The molecule has 1 aromatic heterocycles. The number of hydrogen-bond donors (Lipinski definition) is 2. The molecule has 34 heavy (non-hydrogen) atoms. The molecular weight excluding hydrogens is 448 g/mol. The molecule has 0 bridgehead atoms. The molecule has 7 nitrogen and oxygen atoms in total. The number of fused-ring (bicyclic) bond motifs is 1. The maximum absolute atomic E-state index is 13.1. The van der Waals surface area contributed by atoms with Gasteiger partial charge in [0.15, 0.2) is 0 Å². The summed E-state index contributed by atoms with van der Waals surface area (Å²) in [4.78, 5) is 14.3. The highest BCUT2D eigenvalue weighted by atomic mass is 32.2. The van der Waals surface area contributed by atoms with Crippen molar-refractivity contribution in [1.29, 1.82) is 0 Å². The summed E-state index contributed by atoms with van der Waals surface area (Å²) in [6, 6.07) is 18.7. The van der Waals surface area contributed by atoms with Gasteiger partial charge in [-0.3, -0.25) is 9.69 Å². The first kappa shape index (κ1) is 24.2. The van der Waals surface area contributed by atoms with Crippen molar-refractivity contribution >= 4 is 21.6 Å². The van der Waals surface area contributed by atoms with E-state index in [2.05, 4.69) is 39.2 Å². The quantitative estimate of drug-likeness (QED) is 0.487. The summed E-state index contributed by atoms with van der Waals surface area (Å²) in [5.41, 5.74) is 4.30. The van der Waals surface area contributed by atoms with E-state index in [4.69, 9.17) is 0 Å². The number of benzene rings is 2. The van der Waals surface area contributed by atoms with Crippen molar-refractivity contribution < 1.29 is 13.2 Å². The van der Waals surface area contributed by atoms with Gasteiger partial charge in [-0.05, 0) is 60.4 Å². The van der Waals surface area contributed by atoms with Gasteiger partial charge in [0.1, 0.15) is 0 Å². The molecule has 0 spiro atoms. The minimum Gasteiger partial charge on any atom is -0.353 e. The number of carbonyl (C=O) groups is 1. The van der Waals surface area contributed by atoms with Gasteiger partial charge in [0.2, 0.25) is 15.9 Å². The Labute approximate surface area is 201 Å². The van der Waals surface area contributed by atoms with Crippen LogP contribution in [0.4, 0.5) is 5.69 Å². The van der Waals surface area contributed by atoms with Crippen LogP contribution in [0.25, 0.3) is 0 Å². The Morgan fingerprint density at radius 2 is 1.76 bits per heavy atom. The summed E-state index contributed by atoms with van der Waals surface area (Å²) in [7, 11) is -1.73. The lowest BCUT2D eigenvalue weighted by Gasteiger charge is -2.36. The molecule has 0 radical (unpaired) electrons. The lowest BCUT2D eigenvalue weighted by molar-refractivity contribution is -0.116. The fraction of sp³-hybridized carbons (Fsp3) is 0.346. The molecule has 8 heteroatoms. The Morgan fingerprint density at radius 1 is 1.03 bits per heavy atom. The molecule has 1 unspecified atom stereocenters. The molecular formula is C26H32N4O3S. The van der Waals surface area contributed by atoms with Crippen molar-refractivity contribution in [1.82, 2.24) is 14.2 Å². The van der Waals surface area contributed by atoms with Crippen LogP contribution in [0.15, 0.2) is 71.8 Å². The van der Waals surface area contributed by atoms with Crippen molar-refractivity contribution in [3.63, 3.8) is 0 Å². The SMILES string of the molecule is CCCC(=O)Nc1ccc(S(=O)(=O)NCC(c2cccn2C)N2CCc3ccccc3C2)cc1. The van der Waals surface area contributed by atoms with E-state index in [0.717, 1.165) is 31.6 Å². The van der Waals surface area contributed by atoms with Gasteiger partial charge in [0.25, 0.3) is 0 Å². The Balaban J connectivity index is 1.49. The van der Waals surface area contributed by atoms with Crippen LogP contribution >= 0.6 is 0 Å². The first-order valence-corrected chi connectivity index (χ1v) is 13.2. The third-order valence-electron chi connectivity index (χ3n) is 6.32. The molecule has 2 heterocycles. The van der Waals surface area contributed by atoms with Crippen molar-refractivity contribution in [2.45, 2.75) is 43.7 Å². The summed E-state index contributed by atoms with van der Waals surface area (Å²) < 4.78 is 31.0. The van der Waals surface area contributed by atoms with Crippen LogP contribution < -0.4 is 10.0 Å². The van der Waals surface area contributed by atoms with Crippen LogP contribution in [0.1, 0.15) is 42.6 Å². The topological polar surface area (TPSA) is 83.4 Å². The number of aromatic nitrogens is 1. The fourth-order valence-corrected chi connectivity index (χ4v) is 5.50. The number of nitrogens with zero attached hydrogens (tertiary/aromatic N) is 2. The third-order valence-corrected chi connectivity index (χ3v) is 7.76. The minimum absolute atomic E-state index is 0.0789. The van der Waals surface area contributed by atoms with E-state index >= 15 is 0 Å². The van der Waals surface area contributed by atoms with Crippen LogP contribution in [0.5, 0.6) is 0 Å². The molecule has 3 aromatic rings. The van der Waals surface area contributed by atoms with Gasteiger partial charge >= 0.3 is 0 Å². The van der Waals surface area contributed by atoms with Crippen LogP contribution in [0.3, 0.4) is 0 Å². The zero-order chi connectivity index (χ0) is 24.1. The maximum atomic E-state index is 13.1. The molecule has 2 aromatic carbocycles. The molecule has 4 rings (SSSR count). The summed E-state index contributed by atoms with van der Waals surface area (Å²) in [6.07, 6.45) is 4.12. The lowest BCUT2D eigenvalue weighted by atomic mass is 9.98. The monoisotopic (exact) mass is 480 g/mol. The van der Waals surface area contributed by atoms with E-state index in [0.29, 0.717) is 12.1 Å². The second kappa shape index (κ2) is 10.5. The van der Waals surface area contributed by atoms with Gasteiger partial charge in [-0.25, -0.2) is 13.1 Å². The van der Waals surface area contributed by atoms with Crippen molar-refractivity contribution in [2.75, 3.05) is 18.4 Å². The number of aryl methyl sites for hydroxylation is 1. The van der Waals surface area contributed by atoms with Gasteiger partial charge in [-0.1, -0.05) is 31.2 Å². The molecule has 1 aliphatic heterocycles. The first-order chi connectivity index (χ1) is 16.4. The largest absolute Gasteiger partial charge is 0.353 e. The average molecular weight is 481 g/mol. The van der Waals surface area contributed by atoms with E-state index in [9.17, 15) is 13.2 Å². The standard InChI is InChI=1S/C26H32N4O3S/c1-3-7-26(31)28-22-11-13-23(14-12-22)34(32,33)27-18-25(24-10-6-16-29(24)2)30-17-15-20-8-4-5-9-21(20)19-30/h4-6,8-14,16,25,27H,3,7,15,17-19H2,1-2H3,(H,28,31). The predicted octanol–water partition coefficient (Wildman–Crippen LogP) is 3.84. The fourth-order valence-electron chi connectivity index (χ4n) is 4.46. The normalized spacial score (nSPS) is 15.0. The minimum atomic E-state index is -3.71. The molecule has 0 aliphatic carbocycles. The van der Waals surface area contributed by atoms with Crippen LogP contribution in [0.2, 0.25) is 0 Å². The second-order valence-corrected chi connectivity index (χ2v) is 10.5. The Hall–Kier alpha value is -2.94. The van der Waals surface area contributed by atoms with Gasteiger partial charge in [0, 0.05) is 50.7 Å². The van der Waals surface area contributed by atoms with Gasteiger partial charge in [-0.2, -0.15) is 0 Å². The number of carbonyl (C=O) groups excluding carboxylic acids is 1. The van der Waals surface area contributed by atoms with Crippen molar-refractivity contribution in [3.8, 4) is 0 Å². The van der Waals surface area contributed by atoms with Crippen molar-refractivity contribution in [2.24, 2.45) is 7.05 Å². The smallest absolute Gasteiger partial charge is 0.240 e. The summed E-state index contributed by atoms with van der Waals surface area (Å²) in [5, 5.41) is 2.78. The number of hydrogen-bond acceptors (Lipinski definition) is 4. The number of nitrogens with one attached hydrogen (secondary N) is 2. The van der Waals surface area contributed by atoms with Gasteiger partial charge in [-0.15, -0.1) is 0 Å².